The minimum atomic E-state index is -0.988. The number of aryl methyl sites for hydroxylation is 1. The highest BCUT2D eigenvalue weighted by molar-refractivity contribution is 6.00. The highest BCUT2D eigenvalue weighted by Gasteiger charge is 2.19. The zero-order valence-corrected chi connectivity index (χ0v) is 15.7. The quantitative estimate of drug-likeness (QED) is 0.251. The lowest BCUT2D eigenvalue weighted by atomic mass is 10.1. The van der Waals surface area contributed by atoms with E-state index in [1.165, 1.54) is 25.3 Å². The Morgan fingerprint density at radius 1 is 1.24 bits per heavy atom. The van der Waals surface area contributed by atoms with Crippen molar-refractivity contribution in [1.29, 1.82) is 5.26 Å². The first-order valence-corrected chi connectivity index (χ1v) is 8.32. The summed E-state index contributed by atoms with van der Waals surface area (Å²) in [6, 6.07) is 12.7. The number of carbonyl (C=O) groups excluding carboxylic acids is 2. The fourth-order valence-electron chi connectivity index (χ4n) is 2.36. The molecule has 0 aliphatic carbocycles. The molecule has 0 aromatic heterocycles. The highest BCUT2D eigenvalue weighted by Crippen LogP contribution is 2.27. The standard InChI is InChI=1S/C20H17N3O6/c1-13-4-3-5-17(23(26)27)19(13)22-18(24)12-29-20(25)15(11-21)10-14-6-8-16(28-2)9-7-14/h3-10H,12H2,1-2H3,(H,22,24)/b15-10+. The number of hydrogen-bond acceptors (Lipinski definition) is 7. The second-order valence-electron chi connectivity index (χ2n) is 5.79. The van der Waals surface area contributed by atoms with Gasteiger partial charge in [0.2, 0.25) is 0 Å². The van der Waals surface area contributed by atoms with E-state index in [0.717, 1.165) is 0 Å². The molecule has 0 fully saturated rings. The second kappa shape index (κ2) is 9.66. The van der Waals surface area contributed by atoms with Gasteiger partial charge in [0, 0.05) is 6.07 Å². The van der Waals surface area contributed by atoms with Gasteiger partial charge in [0.05, 0.1) is 12.0 Å². The number of methoxy groups -OCH3 is 1. The van der Waals surface area contributed by atoms with Gasteiger partial charge in [-0.3, -0.25) is 14.9 Å². The van der Waals surface area contributed by atoms with Crippen molar-refractivity contribution >= 4 is 29.3 Å². The third kappa shape index (κ3) is 5.64. The third-order valence-electron chi connectivity index (χ3n) is 3.81. The lowest BCUT2D eigenvalue weighted by molar-refractivity contribution is -0.384. The predicted molar refractivity (Wildman–Crippen MR) is 104 cm³/mol. The summed E-state index contributed by atoms with van der Waals surface area (Å²) < 4.78 is 9.88. The number of anilines is 1. The number of rotatable bonds is 7. The first-order valence-electron chi connectivity index (χ1n) is 8.32. The zero-order chi connectivity index (χ0) is 21.4. The van der Waals surface area contributed by atoms with Crippen LogP contribution in [0, 0.1) is 28.4 Å². The van der Waals surface area contributed by atoms with E-state index in [-0.39, 0.29) is 16.9 Å². The van der Waals surface area contributed by atoms with Gasteiger partial charge in [0.15, 0.2) is 6.61 Å². The summed E-state index contributed by atoms with van der Waals surface area (Å²) in [4.78, 5) is 34.6. The monoisotopic (exact) mass is 395 g/mol. The lowest BCUT2D eigenvalue weighted by Gasteiger charge is -2.09. The topological polar surface area (TPSA) is 132 Å². The Bertz CT molecular complexity index is 1010. The molecule has 0 atom stereocenters. The van der Waals surface area contributed by atoms with Crippen LogP contribution in [0.15, 0.2) is 48.0 Å². The maximum atomic E-state index is 12.1. The number of para-hydroxylation sites is 1. The Morgan fingerprint density at radius 3 is 2.52 bits per heavy atom. The van der Waals surface area contributed by atoms with Crippen LogP contribution in [0.4, 0.5) is 11.4 Å². The lowest BCUT2D eigenvalue weighted by Crippen LogP contribution is -2.22. The van der Waals surface area contributed by atoms with Crippen molar-refractivity contribution in [2.24, 2.45) is 0 Å². The minimum Gasteiger partial charge on any atom is -0.497 e. The molecule has 0 bridgehead atoms. The molecule has 1 amide bonds. The number of nitriles is 1. The number of esters is 1. The van der Waals surface area contributed by atoms with Crippen molar-refractivity contribution in [2.45, 2.75) is 6.92 Å². The van der Waals surface area contributed by atoms with Crippen LogP contribution in [-0.2, 0) is 14.3 Å². The van der Waals surface area contributed by atoms with E-state index < -0.39 is 23.4 Å². The number of amides is 1. The molecule has 9 heteroatoms. The molecular weight excluding hydrogens is 378 g/mol. The van der Waals surface area contributed by atoms with Gasteiger partial charge < -0.3 is 14.8 Å². The Balaban J connectivity index is 2.04. The van der Waals surface area contributed by atoms with Crippen molar-refractivity contribution in [3.8, 4) is 11.8 Å². The predicted octanol–water partition coefficient (Wildman–Crippen LogP) is 3.00. The molecule has 9 nitrogen and oxygen atoms in total. The third-order valence-corrected chi connectivity index (χ3v) is 3.81. The van der Waals surface area contributed by atoms with Gasteiger partial charge >= 0.3 is 5.97 Å². The maximum absolute atomic E-state index is 12.1. The van der Waals surface area contributed by atoms with Crippen molar-refractivity contribution in [3.05, 3.63) is 69.3 Å². The second-order valence-corrected chi connectivity index (χ2v) is 5.79. The van der Waals surface area contributed by atoms with Gasteiger partial charge in [-0.2, -0.15) is 5.26 Å². The van der Waals surface area contributed by atoms with E-state index in [4.69, 9.17) is 9.47 Å². The molecule has 1 N–H and O–H groups in total. The van der Waals surface area contributed by atoms with Gasteiger partial charge in [-0.15, -0.1) is 0 Å². The summed E-state index contributed by atoms with van der Waals surface area (Å²) >= 11 is 0. The minimum absolute atomic E-state index is 0.0211. The molecule has 0 aliphatic rings. The molecule has 2 aromatic rings. The van der Waals surface area contributed by atoms with Crippen LogP contribution in [0.25, 0.3) is 6.08 Å². The molecule has 148 valence electrons. The number of nitro benzene ring substituents is 1. The fraction of sp³-hybridized carbons (Fsp3) is 0.150. The number of ether oxygens (including phenoxy) is 2. The summed E-state index contributed by atoms with van der Waals surface area (Å²) in [7, 11) is 1.51. The number of hydrogen-bond donors (Lipinski definition) is 1. The molecular formula is C20H17N3O6. The van der Waals surface area contributed by atoms with E-state index in [0.29, 0.717) is 16.9 Å². The first-order chi connectivity index (χ1) is 13.8. The van der Waals surface area contributed by atoms with Gasteiger partial charge in [-0.1, -0.05) is 24.3 Å². The first kappa shape index (κ1) is 21.1. The van der Waals surface area contributed by atoms with Crippen molar-refractivity contribution in [1.82, 2.24) is 0 Å². The summed E-state index contributed by atoms with van der Waals surface area (Å²) in [5.74, 6) is -1.14. The molecule has 0 unspecified atom stereocenters. The Hall–Kier alpha value is -4.19. The molecule has 0 saturated heterocycles. The molecule has 0 aliphatic heterocycles. The van der Waals surface area contributed by atoms with Crippen LogP contribution in [0.3, 0.4) is 0 Å². The Labute approximate surface area is 166 Å². The van der Waals surface area contributed by atoms with E-state index >= 15 is 0 Å². The van der Waals surface area contributed by atoms with Crippen molar-refractivity contribution < 1.29 is 24.0 Å². The fourth-order valence-corrected chi connectivity index (χ4v) is 2.36. The molecule has 0 heterocycles. The molecule has 0 radical (unpaired) electrons. The Kier molecular flexibility index (Phi) is 7.03. The summed E-state index contributed by atoms with van der Waals surface area (Å²) in [5.41, 5.74) is 0.495. The number of carbonyl (C=O) groups is 2. The SMILES string of the molecule is COc1ccc(/C=C(\C#N)C(=O)OCC(=O)Nc2c(C)cccc2[N+](=O)[O-])cc1. The number of nitro groups is 1. The van der Waals surface area contributed by atoms with Gasteiger partial charge in [0.1, 0.15) is 23.1 Å². The number of benzene rings is 2. The van der Waals surface area contributed by atoms with Gasteiger partial charge in [-0.25, -0.2) is 4.79 Å². The van der Waals surface area contributed by atoms with Crippen LogP contribution in [0.5, 0.6) is 5.75 Å². The van der Waals surface area contributed by atoms with Crippen molar-refractivity contribution in [3.63, 3.8) is 0 Å². The molecule has 0 spiro atoms. The van der Waals surface area contributed by atoms with Crippen LogP contribution >= 0.6 is 0 Å². The molecule has 2 rings (SSSR count). The Morgan fingerprint density at radius 2 is 1.93 bits per heavy atom. The largest absolute Gasteiger partial charge is 0.497 e. The summed E-state index contributed by atoms with van der Waals surface area (Å²) in [6.45, 7) is 0.895. The van der Waals surface area contributed by atoms with Gasteiger partial charge in [0.25, 0.3) is 11.6 Å². The average molecular weight is 395 g/mol. The van der Waals surface area contributed by atoms with Crippen LogP contribution in [-0.4, -0.2) is 30.5 Å². The van der Waals surface area contributed by atoms with Crippen LogP contribution in [0.1, 0.15) is 11.1 Å². The number of nitrogens with zero attached hydrogens (tertiary/aromatic N) is 2. The van der Waals surface area contributed by atoms with E-state index in [2.05, 4.69) is 5.32 Å². The maximum Gasteiger partial charge on any atom is 0.349 e. The molecule has 2 aromatic carbocycles. The van der Waals surface area contributed by atoms with Crippen LogP contribution in [0.2, 0.25) is 0 Å². The van der Waals surface area contributed by atoms with E-state index in [1.54, 1.807) is 43.3 Å². The molecule has 0 saturated carbocycles. The van der Waals surface area contributed by atoms with E-state index in [1.807, 2.05) is 0 Å². The highest BCUT2D eigenvalue weighted by atomic mass is 16.6. The summed E-state index contributed by atoms with van der Waals surface area (Å²) in [5, 5.41) is 22.6. The summed E-state index contributed by atoms with van der Waals surface area (Å²) in [6.07, 6.45) is 1.31. The average Bonchev–Trinajstić information content (AvgIpc) is 2.71. The van der Waals surface area contributed by atoms with Gasteiger partial charge in [-0.05, 0) is 36.3 Å². The normalized spacial score (nSPS) is 10.6. The molecule has 29 heavy (non-hydrogen) atoms. The smallest absolute Gasteiger partial charge is 0.349 e. The zero-order valence-electron chi connectivity index (χ0n) is 15.7. The number of nitrogens with one attached hydrogen (secondary N) is 1. The van der Waals surface area contributed by atoms with E-state index in [9.17, 15) is 25.0 Å². The van der Waals surface area contributed by atoms with Crippen LogP contribution < -0.4 is 10.1 Å². The van der Waals surface area contributed by atoms with Crippen molar-refractivity contribution in [2.75, 3.05) is 19.0 Å².